The summed E-state index contributed by atoms with van der Waals surface area (Å²) < 4.78 is 45.8. The zero-order chi connectivity index (χ0) is 19.6. The molecule has 1 aromatic heterocycles. The van der Waals surface area contributed by atoms with Crippen LogP contribution < -0.4 is 15.8 Å². The second kappa shape index (κ2) is 7.57. The van der Waals surface area contributed by atoms with Gasteiger partial charge in [-0.2, -0.15) is 18.2 Å². The van der Waals surface area contributed by atoms with Crippen molar-refractivity contribution in [1.82, 2.24) is 15.2 Å². The van der Waals surface area contributed by atoms with Gasteiger partial charge in [0.1, 0.15) is 5.75 Å². The third kappa shape index (κ3) is 4.58. The number of anilines is 3. The fourth-order valence-corrected chi connectivity index (χ4v) is 3.48. The van der Waals surface area contributed by atoms with E-state index in [1.807, 2.05) is 0 Å². The summed E-state index contributed by atoms with van der Waals surface area (Å²) >= 11 is 7.07. The topological polar surface area (TPSA) is 88.8 Å². The van der Waals surface area contributed by atoms with Gasteiger partial charge in [-0.15, -0.1) is 5.10 Å². The van der Waals surface area contributed by atoms with Crippen molar-refractivity contribution in [2.45, 2.75) is 16.0 Å². The number of nitrogens with two attached hydrogens (primary N) is 1. The Labute approximate surface area is 161 Å². The summed E-state index contributed by atoms with van der Waals surface area (Å²) in [4.78, 5) is 4.28. The van der Waals surface area contributed by atoms with Crippen LogP contribution in [0.15, 0.2) is 46.2 Å². The van der Waals surface area contributed by atoms with Crippen molar-refractivity contribution in [2.75, 3.05) is 18.2 Å². The first kappa shape index (κ1) is 19.2. The number of H-pyrrole nitrogens is 1. The average Bonchev–Trinajstić information content (AvgIpc) is 3.01. The summed E-state index contributed by atoms with van der Waals surface area (Å²) in [6.07, 6.45) is -4.60. The van der Waals surface area contributed by atoms with Crippen molar-refractivity contribution >= 4 is 40.9 Å². The Morgan fingerprint density at radius 1 is 1.22 bits per heavy atom. The molecule has 11 heteroatoms. The molecule has 0 spiro atoms. The van der Waals surface area contributed by atoms with Crippen molar-refractivity contribution in [3.05, 3.63) is 47.0 Å². The number of hydrogen-bond donors (Lipinski definition) is 3. The Bertz CT molecular complexity index is 946. The number of halogens is 4. The number of aromatic nitrogens is 3. The standard InChI is InChI=1S/C16H13ClF3N5OS/c1-26-9-2-4-10(5-3-9)27-13-11(16(18,19)20)6-8(7-12(13)17)22-15-23-14(21)24-25-15/h2-7H,1H3,(H4,21,22,23,24,25). The van der Waals surface area contributed by atoms with Crippen LogP contribution in [0.5, 0.6) is 5.75 Å². The van der Waals surface area contributed by atoms with Crippen LogP contribution >= 0.6 is 23.4 Å². The first-order chi connectivity index (χ1) is 12.8. The molecular formula is C16H13ClF3N5OS. The van der Waals surface area contributed by atoms with Gasteiger partial charge in [0.15, 0.2) is 0 Å². The molecule has 0 fully saturated rings. The normalized spacial score (nSPS) is 11.4. The highest BCUT2D eigenvalue weighted by Crippen LogP contribution is 2.45. The van der Waals surface area contributed by atoms with Gasteiger partial charge in [0.25, 0.3) is 0 Å². The van der Waals surface area contributed by atoms with Crippen LogP contribution in [0.1, 0.15) is 5.56 Å². The monoisotopic (exact) mass is 415 g/mol. The Kier molecular flexibility index (Phi) is 5.38. The van der Waals surface area contributed by atoms with Crippen molar-refractivity contribution in [3.63, 3.8) is 0 Å². The fraction of sp³-hybridized carbons (Fsp3) is 0.125. The summed E-state index contributed by atoms with van der Waals surface area (Å²) in [5, 5.41) is 8.69. The summed E-state index contributed by atoms with van der Waals surface area (Å²) in [6, 6.07) is 8.95. The summed E-state index contributed by atoms with van der Waals surface area (Å²) in [7, 11) is 1.51. The molecule has 3 aromatic rings. The maximum absolute atomic E-state index is 13.6. The highest BCUT2D eigenvalue weighted by atomic mass is 35.5. The average molecular weight is 416 g/mol. The van der Waals surface area contributed by atoms with Crippen molar-refractivity contribution in [1.29, 1.82) is 0 Å². The number of benzene rings is 2. The first-order valence-corrected chi connectivity index (χ1v) is 8.63. The lowest BCUT2D eigenvalue weighted by Crippen LogP contribution is -2.08. The predicted molar refractivity (Wildman–Crippen MR) is 97.6 cm³/mol. The second-order valence-electron chi connectivity index (χ2n) is 5.28. The van der Waals surface area contributed by atoms with E-state index >= 15 is 0 Å². The number of ether oxygens (including phenoxy) is 1. The molecule has 2 aromatic carbocycles. The van der Waals surface area contributed by atoms with E-state index in [-0.39, 0.29) is 27.5 Å². The highest BCUT2D eigenvalue weighted by molar-refractivity contribution is 7.99. The number of nitrogens with zero attached hydrogens (tertiary/aromatic N) is 2. The molecule has 0 aliphatic carbocycles. The molecule has 3 rings (SSSR count). The minimum absolute atomic E-state index is 0.0336. The van der Waals surface area contributed by atoms with Gasteiger partial charge in [0, 0.05) is 15.5 Å². The van der Waals surface area contributed by atoms with E-state index in [0.717, 1.165) is 17.8 Å². The van der Waals surface area contributed by atoms with E-state index in [4.69, 9.17) is 22.1 Å². The number of rotatable bonds is 5. The third-order valence-corrected chi connectivity index (χ3v) is 4.95. The summed E-state index contributed by atoms with van der Waals surface area (Å²) in [5.74, 6) is 0.672. The van der Waals surface area contributed by atoms with Crippen molar-refractivity contribution in [2.24, 2.45) is 0 Å². The van der Waals surface area contributed by atoms with Crippen LogP contribution in [0.2, 0.25) is 5.02 Å². The van der Waals surface area contributed by atoms with E-state index in [0.29, 0.717) is 10.6 Å². The molecule has 27 heavy (non-hydrogen) atoms. The van der Waals surface area contributed by atoms with Crippen LogP contribution in [0.3, 0.4) is 0 Å². The Morgan fingerprint density at radius 2 is 1.93 bits per heavy atom. The number of hydrogen-bond acceptors (Lipinski definition) is 6. The number of methoxy groups -OCH3 is 1. The van der Waals surface area contributed by atoms with Crippen LogP contribution in [0, 0.1) is 0 Å². The summed E-state index contributed by atoms with van der Waals surface area (Å²) in [5.41, 5.74) is 4.62. The van der Waals surface area contributed by atoms with Gasteiger partial charge >= 0.3 is 6.18 Å². The summed E-state index contributed by atoms with van der Waals surface area (Å²) in [6.45, 7) is 0. The molecule has 1 heterocycles. The Balaban J connectivity index is 1.96. The molecule has 0 unspecified atom stereocenters. The second-order valence-corrected chi connectivity index (χ2v) is 6.77. The molecule has 6 nitrogen and oxygen atoms in total. The van der Waals surface area contributed by atoms with Gasteiger partial charge in [0.05, 0.1) is 17.7 Å². The molecule has 0 atom stereocenters. The Morgan fingerprint density at radius 3 is 2.48 bits per heavy atom. The largest absolute Gasteiger partial charge is 0.497 e. The molecule has 0 aliphatic rings. The molecule has 0 saturated carbocycles. The third-order valence-electron chi connectivity index (χ3n) is 3.39. The predicted octanol–water partition coefficient (Wildman–Crippen LogP) is 4.96. The molecule has 4 N–H and O–H groups in total. The number of nitrogen functional groups attached to an aromatic ring is 1. The van der Waals surface area contributed by atoms with Crippen molar-refractivity contribution in [3.8, 4) is 5.75 Å². The lowest BCUT2D eigenvalue weighted by molar-refractivity contribution is -0.139. The van der Waals surface area contributed by atoms with Gasteiger partial charge in [-0.3, -0.25) is 0 Å². The van der Waals surface area contributed by atoms with Crippen LogP contribution in [-0.2, 0) is 6.18 Å². The molecule has 0 aliphatic heterocycles. The van der Waals surface area contributed by atoms with Gasteiger partial charge < -0.3 is 15.8 Å². The number of nitrogens with one attached hydrogen (secondary N) is 2. The lowest BCUT2D eigenvalue weighted by Gasteiger charge is -2.16. The van der Waals surface area contributed by atoms with E-state index in [1.54, 1.807) is 24.3 Å². The van der Waals surface area contributed by atoms with Crippen molar-refractivity contribution < 1.29 is 17.9 Å². The van der Waals surface area contributed by atoms with Crippen LogP contribution in [0.4, 0.5) is 30.8 Å². The molecule has 0 radical (unpaired) electrons. The van der Waals surface area contributed by atoms with Gasteiger partial charge in [-0.25, -0.2) is 5.10 Å². The van der Waals surface area contributed by atoms with Gasteiger partial charge in [-0.1, -0.05) is 23.4 Å². The zero-order valence-electron chi connectivity index (χ0n) is 13.8. The maximum Gasteiger partial charge on any atom is 0.417 e. The lowest BCUT2D eigenvalue weighted by atomic mass is 10.2. The van der Waals surface area contributed by atoms with E-state index in [1.165, 1.54) is 13.2 Å². The van der Waals surface area contributed by atoms with E-state index in [2.05, 4.69) is 20.5 Å². The minimum Gasteiger partial charge on any atom is -0.497 e. The van der Waals surface area contributed by atoms with Crippen LogP contribution in [-0.4, -0.2) is 22.3 Å². The smallest absolute Gasteiger partial charge is 0.417 e. The van der Waals surface area contributed by atoms with Gasteiger partial charge in [0.2, 0.25) is 11.9 Å². The SMILES string of the molecule is COc1ccc(Sc2c(Cl)cc(Nc3n[nH]c(N)n3)cc2C(F)(F)F)cc1. The van der Waals surface area contributed by atoms with Crippen LogP contribution in [0.25, 0.3) is 0 Å². The molecule has 0 amide bonds. The highest BCUT2D eigenvalue weighted by Gasteiger charge is 2.35. The Hall–Kier alpha value is -2.59. The first-order valence-electron chi connectivity index (χ1n) is 7.44. The molecule has 0 saturated heterocycles. The van der Waals surface area contributed by atoms with Gasteiger partial charge in [-0.05, 0) is 36.4 Å². The quantitative estimate of drug-likeness (QED) is 0.545. The van der Waals surface area contributed by atoms with E-state index < -0.39 is 11.7 Å². The number of alkyl halides is 3. The molecular weight excluding hydrogens is 403 g/mol. The molecule has 142 valence electrons. The fourth-order valence-electron chi connectivity index (χ4n) is 2.20. The maximum atomic E-state index is 13.6. The number of aromatic amines is 1. The van der Waals surface area contributed by atoms with E-state index in [9.17, 15) is 13.2 Å². The zero-order valence-corrected chi connectivity index (χ0v) is 15.3. The molecule has 0 bridgehead atoms. The minimum atomic E-state index is -4.60.